The first-order chi connectivity index (χ1) is 8.99. The van der Waals surface area contributed by atoms with Crippen LogP contribution in [0.4, 0.5) is 0 Å². The monoisotopic (exact) mass is 264 g/mol. The van der Waals surface area contributed by atoms with Gasteiger partial charge in [-0.25, -0.2) is 4.79 Å². The molecule has 0 aromatic carbocycles. The van der Waals surface area contributed by atoms with Crippen LogP contribution in [0.3, 0.4) is 0 Å². The number of hydrogen-bond donors (Lipinski definition) is 1. The van der Waals surface area contributed by atoms with Crippen LogP contribution in [0.25, 0.3) is 0 Å². The molecule has 0 saturated carbocycles. The molecule has 2 aromatic rings. The maximum absolute atomic E-state index is 11.9. The zero-order valence-corrected chi connectivity index (χ0v) is 10.5. The average molecular weight is 264 g/mol. The number of nitrogens with one attached hydrogen (secondary N) is 1. The first-order valence-corrected chi connectivity index (χ1v) is 5.61. The summed E-state index contributed by atoms with van der Waals surface area (Å²) in [5.74, 6) is 0.413. The van der Waals surface area contributed by atoms with Gasteiger partial charge in [-0.1, -0.05) is 5.16 Å². The third-order valence-corrected chi connectivity index (χ3v) is 2.57. The van der Waals surface area contributed by atoms with E-state index in [0.717, 1.165) is 10.8 Å². The van der Waals surface area contributed by atoms with Gasteiger partial charge in [-0.3, -0.25) is 14.2 Å². The second-order valence-corrected chi connectivity index (χ2v) is 4.00. The summed E-state index contributed by atoms with van der Waals surface area (Å²) in [6.45, 7) is 2.99. The number of Topliss-reactive ketones (excluding diaryl/α,β-unsaturated/α-hetero) is 1. The predicted octanol–water partition coefficient (Wildman–Crippen LogP) is -0.327. The molecule has 0 atom stereocenters. The molecule has 0 bridgehead atoms. The maximum atomic E-state index is 11.9. The third-order valence-electron chi connectivity index (χ3n) is 2.57. The highest BCUT2D eigenvalue weighted by Crippen LogP contribution is 1.97. The van der Waals surface area contributed by atoms with Crippen LogP contribution >= 0.6 is 0 Å². The van der Waals surface area contributed by atoms with Crippen molar-refractivity contribution in [2.24, 2.45) is 0 Å². The Kier molecular flexibility index (Phi) is 3.41. The fraction of sp³-hybridized carbons (Fsp3) is 0.364. The lowest BCUT2D eigenvalue weighted by Gasteiger charge is -2.03. The molecular weight excluding hydrogens is 252 g/mol. The number of aromatic amines is 1. The minimum Gasteiger partial charge on any atom is -0.340 e. The molecule has 2 aromatic heterocycles. The summed E-state index contributed by atoms with van der Waals surface area (Å²) in [6, 6.07) is 0. The zero-order chi connectivity index (χ0) is 14.0. The van der Waals surface area contributed by atoms with E-state index in [1.54, 1.807) is 6.92 Å². The van der Waals surface area contributed by atoms with Crippen molar-refractivity contribution in [1.82, 2.24) is 19.7 Å². The van der Waals surface area contributed by atoms with Gasteiger partial charge < -0.3 is 9.51 Å². The molecule has 0 saturated heterocycles. The molecule has 0 radical (unpaired) electrons. The Labute approximate surface area is 107 Å². The Balaban J connectivity index is 2.30. The number of carbonyl (C=O) groups excluding carboxylic acids is 1. The van der Waals surface area contributed by atoms with Crippen molar-refractivity contribution in [3.05, 3.63) is 44.3 Å². The second-order valence-electron chi connectivity index (χ2n) is 4.00. The summed E-state index contributed by atoms with van der Waals surface area (Å²) < 4.78 is 5.73. The van der Waals surface area contributed by atoms with Crippen LogP contribution in [0.5, 0.6) is 0 Å². The molecule has 0 unspecified atom stereocenters. The lowest BCUT2D eigenvalue weighted by atomic mass is 10.2. The Morgan fingerprint density at radius 2 is 2.21 bits per heavy atom. The molecular formula is C11H12N4O4. The standard InChI is InChI=1S/C11H12N4O4/c1-6(16)8-5-12-11(18)15(10(8)17)4-3-9-13-7(2)19-14-9/h5H,3-4H2,1-2H3,(H,12,18). The molecule has 0 amide bonds. The van der Waals surface area contributed by atoms with E-state index in [1.165, 1.54) is 6.92 Å². The summed E-state index contributed by atoms with van der Waals surface area (Å²) >= 11 is 0. The maximum Gasteiger partial charge on any atom is 0.328 e. The number of carbonyl (C=O) groups is 1. The molecule has 0 spiro atoms. The first kappa shape index (κ1) is 12.9. The fourth-order valence-electron chi connectivity index (χ4n) is 1.62. The smallest absolute Gasteiger partial charge is 0.328 e. The summed E-state index contributed by atoms with van der Waals surface area (Å²) in [5, 5.41) is 3.67. The van der Waals surface area contributed by atoms with Crippen LogP contribution in [0.15, 0.2) is 20.3 Å². The van der Waals surface area contributed by atoms with E-state index in [9.17, 15) is 14.4 Å². The number of ketones is 1. The molecule has 1 N–H and O–H groups in total. The number of aryl methyl sites for hydroxylation is 2. The van der Waals surface area contributed by atoms with E-state index < -0.39 is 17.0 Å². The van der Waals surface area contributed by atoms with Crippen LogP contribution in [0.1, 0.15) is 29.0 Å². The van der Waals surface area contributed by atoms with E-state index in [4.69, 9.17) is 4.52 Å². The predicted molar refractivity (Wildman–Crippen MR) is 64.1 cm³/mol. The van der Waals surface area contributed by atoms with Gasteiger partial charge in [-0.2, -0.15) is 4.98 Å². The number of rotatable bonds is 4. The van der Waals surface area contributed by atoms with Crippen LogP contribution in [0, 0.1) is 6.92 Å². The van der Waals surface area contributed by atoms with Crippen LogP contribution in [0.2, 0.25) is 0 Å². The lowest BCUT2D eigenvalue weighted by Crippen LogP contribution is -2.38. The van der Waals surface area contributed by atoms with Gasteiger partial charge in [0.1, 0.15) is 0 Å². The van der Waals surface area contributed by atoms with E-state index in [2.05, 4.69) is 15.1 Å². The minimum atomic E-state index is -0.614. The summed E-state index contributed by atoms with van der Waals surface area (Å²) in [4.78, 5) is 41.0. The minimum absolute atomic E-state index is 0.0520. The molecule has 0 fully saturated rings. The van der Waals surface area contributed by atoms with Gasteiger partial charge in [-0.15, -0.1) is 0 Å². The first-order valence-electron chi connectivity index (χ1n) is 5.61. The SMILES string of the molecule is CC(=O)c1c[nH]c(=O)n(CCc2noc(C)n2)c1=O. The van der Waals surface area contributed by atoms with Crippen LogP contribution in [-0.2, 0) is 13.0 Å². The van der Waals surface area contributed by atoms with Crippen molar-refractivity contribution in [2.45, 2.75) is 26.8 Å². The van der Waals surface area contributed by atoms with E-state index in [-0.39, 0.29) is 18.5 Å². The van der Waals surface area contributed by atoms with Crippen molar-refractivity contribution in [3.8, 4) is 0 Å². The topological polar surface area (TPSA) is 111 Å². The molecule has 100 valence electrons. The summed E-state index contributed by atoms with van der Waals surface area (Å²) in [7, 11) is 0. The Morgan fingerprint density at radius 1 is 1.47 bits per heavy atom. The Morgan fingerprint density at radius 3 is 2.79 bits per heavy atom. The molecule has 0 aliphatic carbocycles. The Bertz CT molecular complexity index is 725. The average Bonchev–Trinajstić information content (AvgIpc) is 2.74. The van der Waals surface area contributed by atoms with Gasteiger partial charge in [0, 0.05) is 26.1 Å². The van der Waals surface area contributed by atoms with Crippen molar-refractivity contribution in [3.63, 3.8) is 0 Å². The molecule has 8 heteroatoms. The van der Waals surface area contributed by atoms with Gasteiger partial charge >= 0.3 is 5.69 Å². The summed E-state index contributed by atoms with van der Waals surface area (Å²) in [5.41, 5.74) is -1.24. The van der Waals surface area contributed by atoms with Crippen LogP contribution in [-0.4, -0.2) is 25.5 Å². The van der Waals surface area contributed by atoms with E-state index in [1.807, 2.05) is 0 Å². The number of aromatic nitrogens is 4. The summed E-state index contributed by atoms with van der Waals surface area (Å²) in [6.07, 6.45) is 1.39. The zero-order valence-electron chi connectivity index (χ0n) is 10.5. The molecule has 0 aliphatic heterocycles. The third kappa shape index (κ3) is 2.67. The highest BCUT2D eigenvalue weighted by atomic mass is 16.5. The van der Waals surface area contributed by atoms with Crippen LogP contribution < -0.4 is 11.2 Å². The fourth-order valence-corrected chi connectivity index (χ4v) is 1.62. The highest BCUT2D eigenvalue weighted by molar-refractivity contribution is 5.93. The molecule has 0 aliphatic rings. The molecule has 8 nitrogen and oxygen atoms in total. The molecule has 19 heavy (non-hydrogen) atoms. The van der Waals surface area contributed by atoms with Gasteiger partial charge in [-0.05, 0) is 6.92 Å². The van der Waals surface area contributed by atoms with Gasteiger partial charge in [0.15, 0.2) is 11.6 Å². The molecule has 2 heterocycles. The van der Waals surface area contributed by atoms with Crippen molar-refractivity contribution in [2.75, 3.05) is 0 Å². The number of H-pyrrole nitrogens is 1. The van der Waals surface area contributed by atoms with Gasteiger partial charge in [0.25, 0.3) is 5.56 Å². The highest BCUT2D eigenvalue weighted by Gasteiger charge is 2.12. The lowest BCUT2D eigenvalue weighted by molar-refractivity contribution is 0.101. The van der Waals surface area contributed by atoms with E-state index in [0.29, 0.717) is 11.7 Å². The van der Waals surface area contributed by atoms with Gasteiger partial charge in [0.2, 0.25) is 5.89 Å². The quantitative estimate of drug-likeness (QED) is 0.757. The van der Waals surface area contributed by atoms with E-state index >= 15 is 0 Å². The van der Waals surface area contributed by atoms with Crippen molar-refractivity contribution in [1.29, 1.82) is 0 Å². The van der Waals surface area contributed by atoms with Gasteiger partial charge in [0.05, 0.1) is 5.56 Å². The number of hydrogen-bond acceptors (Lipinski definition) is 6. The Hall–Kier alpha value is -2.51. The number of nitrogens with zero attached hydrogens (tertiary/aromatic N) is 3. The second kappa shape index (κ2) is 5.01. The normalized spacial score (nSPS) is 10.6. The largest absolute Gasteiger partial charge is 0.340 e. The van der Waals surface area contributed by atoms with Crippen molar-refractivity contribution < 1.29 is 9.32 Å². The van der Waals surface area contributed by atoms with Crippen molar-refractivity contribution >= 4 is 5.78 Å². The molecule has 2 rings (SSSR count).